The van der Waals surface area contributed by atoms with E-state index in [2.05, 4.69) is 10.2 Å². The number of rotatable bonds is 8. The standard InChI is InChI=1S/C21H32N2O5S/c1-5-27-20(25)17-14(3)18(21(26)28-6-2)29-19(17)22-16(24)13-23(4)15-11-9-7-8-10-12-15/h15H,5-13H2,1-4H3,(H,22,24). The number of amides is 1. The summed E-state index contributed by atoms with van der Waals surface area (Å²) >= 11 is 1.06. The summed E-state index contributed by atoms with van der Waals surface area (Å²) in [4.78, 5) is 39.7. The Morgan fingerprint density at radius 3 is 2.21 bits per heavy atom. The van der Waals surface area contributed by atoms with E-state index in [1.165, 1.54) is 25.7 Å². The monoisotopic (exact) mass is 424 g/mol. The first-order valence-electron chi connectivity index (χ1n) is 10.4. The first-order chi connectivity index (χ1) is 13.9. The fraction of sp³-hybridized carbons (Fsp3) is 0.667. The maximum absolute atomic E-state index is 12.7. The van der Waals surface area contributed by atoms with E-state index in [0.717, 1.165) is 24.2 Å². The summed E-state index contributed by atoms with van der Waals surface area (Å²) in [7, 11) is 1.96. The molecule has 1 heterocycles. The number of esters is 2. The zero-order chi connectivity index (χ0) is 21.4. The smallest absolute Gasteiger partial charge is 0.348 e. The molecule has 29 heavy (non-hydrogen) atoms. The minimum Gasteiger partial charge on any atom is -0.462 e. The van der Waals surface area contributed by atoms with Gasteiger partial charge in [0.25, 0.3) is 0 Å². The van der Waals surface area contributed by atoms with Gasteiger partial charge < -0.3 is 14.8 Å². The van der Waals surface area contributed by atoms with Gasteiger partial charge in [-0.15, -0.1) is 11.3 Å². The van der Waals surface area contributed by atoms with E-state index < -0.39 is 11.9 Å². The third kappa shape index (κ3) is 6.27. The molecule has 0 bridgehead atoms. The second-order valence-electron chi connectivity index (χ2n) is 7.31. The van der Waals surface area contributed by atoms with E-state index in [-0.39, 0.29) is 31.2 Å². The molecule has 0 aromatic carbocycles. The van der Waals surface area contributed by atoms with Crippen molar-refractivity contribution in [3.05, 3.63) is 16.0 Å². The van der Waals surface area contributed by atoms with Gasteiger partial charge in [-0.25, -0.2) is 9.59 Å². The molecule has 162 valence electrons. The number of carbonyl (C=O) groups is 3. The molecule has 1 fully saturated rings. The average molecular weight is 425 g/mol. The number of nitrogens with zero attached hydrogens (tertiary/aromatic N) is 1. The molecule has 1 amide bonds. The van der Waals surface area contributed by atoms with Crippen molar-refractivity contribution in [3.8, 4) is 0 Å². The maximum atomic E-state index is 12.7. The highest BCUT2D eigenvalue weighted by Crippen LogP contribution is 2.34. The van der Waals surface area contributed by atoms with Crippen molar-refractivity contribution in [1.29, 1.82) is 0 Å². The van der Waals surface area contributed by atoms with Crippen LogP contribution in [-0.4, -0.2) is 55.6 Å². The zero-order valence-electron chi connectivity index (χ0n) is 17.8. The van der Waals surface area contributed by atoms with Gasteiger partial charge in [0.1, 0.15) is 9.88 Å². The first-order valence-corrected chi connectivity index (χ1v) is 11.2. The molecule has 0 atom stereocenters. The van der Waals surface area contributed by atoms with Crippen molar-refractivity contribution >= 4 is 34.2 Å². The highest BCUT2D eigenvalue weighted by atomic mass is 32.1. The summed E-state index contributed by atoms with van der Waals surface area (Å²) in [5, 5.41) is 3.16. The second-order valence-corrected chi connectivity index (χ2v) is 8.33. The van der Waals surface area contributed by atoms with Gasteiger partial charge in [0.2, 0.25) is 5.91 Å². The Hall–Kier alpha value is -1.93. The molecule has 2 rings (SSSR count). The van der Waals surface area contributed by atoms with Crippen LogP contribution in [0.3, 0.4) is 0 Å². The van der Waals surface area contributed by atoms with Gasteiger partial charge in [-0.2, -0.15) is 0 Å². The third-order valence-electron chi connectivity index (χ3n) is 5.18. The topological polar surface area (TPSA) is 84.9 Å². The van der Waals surface area contributed by atoms with Gasteiger partial charge >= 0.3 is 11.9 Å². The zero-order valence-corrected chi connectivity index (χ0v) is 18.7. The van der Waals surface area contributed by atoms with Crippen LogP contribution in [0.25, 0.3) is 0 Å². The number of ether oxygens (including phenoxy) is 2. The van der Waals surface area contributed by atoms with Gasteiger partial charge in [-0.1, -0.05) is 25.7 Å². The lowest BCUT2D eigenvalue weighted by Crippen LogP contribution is -2.37. The van der Waals surface area contributed by atoms with Gasteiger partial charge in [-0.3, -0.25) is 9.69 Å². The number of carbonyl (C=O) groups excluding carboxylic acids is 3. The van der Waals surface area contributed by atoms with Crippen molar-refractivity contribution in [2.75, 3.05) is 32.1 Å². The molecule has 0 saturated heterocycles. The SMILES string of the molecule is CCOC(=O)c1sc(NC(=O)CN(C)C2CCCCCC2)c(C(=O)OCC)c1C. The number of nitrogens with one attached hydrogen (secondary N) is 1. The van der Waals surface area contributed by atoms with Gasteiger partial charge in [-0.05, 0) is 46.2 Å². The summed E-state index contributed by atoms with van der Waals surface area (Å²) in [6.45, 7) is 5.78. The summed E-state index contributed by atoms with van der Waals surface area (Å²) in [5.74, 6) is -1.26. The molecule has 1 aliphatic rings. The molecule has 1 aromatic rings. The molecule has 1 aliphatic carbocycles. The van der Waals surface area contributed by atoms with Gasteiger partial charge in [0, 0.05) is 6.04 Å². The Morgan fingerprint density at radius 1 is 1.03 bits per heavy atom. The number of anilines is 1. The lowest BCUT2D eigenvalue weighted by Gasteiger charge is -2.26. The second kappa shape index (κ2) is 11.3. The van der Waals surface area contributed by atoms with Crippen molar-refractivity contribution in [2.45, 2.75) is 65.3 Å². The molecular weight excluding hydrogens is 392 g/mol. The van der Waals surface area contributed by atoms with Crippen LogP contribution >= 0.6 is 11.3 Å². The fourth-order valence-corrected chi connectivity index (χ4v) is 4.77. The van der Waals surface area contributed by atoms with Crippen LogP contribution in [0.4, 0.5) is 5.00 Å². The van der Waals surface area contributed by atoms with Crippen molar-refractivity contribution < 1.29 is 23.9 Å². The fourth-order valence-electron chi connectivity index (χ4n) is 3.66. The molecule has 1 aromatic heterocycles. The molecule has 1 N–H and O–H groups in total. The molecule has 0 unspecified atom stereocenters. The van der Waals surface area contributed by atoms with Crippen molar-refractivity contribution in [2.24, 2.45) is 0 Å². The van der Waals surface area contributed by atoms with E-state index in [1.54, 1.807) is 20.8 Å². The lowest BCUT2D eigenvalue weighted by atomic mass is 10.1. The van der Waals surface area contributed by atoms with Crippen LogP contribution in [0.5, 0.6) is 0 Å². The predicted molar refractivity (Wildman–Crippen MR) is 114 cm³/mol. The normalized spacial score (nSPS) is 15.1. The highest BCUT2D eigenvalue weighted by Gasteiger charge is 2.28. The molecule has 7 nitrogen and oxygen atoms in total. The van der Waals surface area contributed by atoms with Crippen molar-refractivity contribution in [1.82, 2.24) is 4.90 Å². The highest BCUT2D eigenvalue weighted by molar-refractivity contribution is 7.18. The first kappa shape index (κ1) is 23.3. The minimum atomic E-state index is -0.552. The quantitative estimate of drug-likeness (QED) is 0.501. The Balaban J connectivity index is 2.16. The Labute approximate surface area is 176 Å². The Bertz CT molecular complexity index is 723. The van der Waals surface area contributed by atoms with E-state index in [0.29, 0.717) is 21.5 Å². The van der Waals surface area contributed by atoms with Crippen LogP contribution in [0.15, 0.2) is 0 Å². The number of thiophene rings is 1. The van der Waals surface area contributed by atoms with E-state index in [1.807, 2.05) is 7.05 Å². The van der Waals surface area contributed by atoms with E-state index in [9.17, 15) is 14.4 Å². The van der Waals surface area contributed by atoms with E-state index in [4.69, 9.17) is 9.47 Å². The number of hydrogen-bond acceptors (Lipinski definition) is 7. The molecule has 8 heteroatoms. The van der Waals surface area contributed by atoms with Crippen LogP contribution in [0.1, 0.15) is 78.0 Å². The van der Waals surface area contributed by atoms with Crippen LogP contribution < -0.4 is 5.32 Å². The minimum absolute atomic E-state index is 0.209. The van der Waals surface area contributed by atoms with Crippen LogP contribution in [-0.2, 0) is 14.3 Å². The van der Waals surface area contributed by atoms with E-state index >= 15 is 0 Å². The predicted octanol–water partition coefficient (Wildman–Crippen LogP) is 4.00. The largest absolute Gasteiger partial charge is 0.462 e. The maximum Gasteiger partial charge on any atom is 0.348 e. The van der Waals surface area contributed by atoms with Crippen LogP contribution in [0.2, 0.25) is 0 Å². The summed E-state index contributed by atoms with van der Waals surface area (Å²) in [5.41, 5.74) is 0.699. The summed E-state index contributed by atoms with van der Waals surface area (Å²) in [6, 6.07) is 0.396. The molecule has 0 spiro atoms. The molecule has 1 saturated carbocycles. The molecule has 0 radical (unpaired) electrons. The van der Waals surface area contributed by atoms with Gasteiger partial charge in [0.05, 0.1) is 25.3 Å². The average Bonchev–Trinajstić information content (AvgIpc) is 2.84. The van der Waals surface area contributed by atoms with Gasteiger partial charge in [0.15, 0.2) is 0 Å². The Morgan fingerprint density at radius 2 is 1.62 bits per heavy atom. The summed E-state index contributed by atoms with van der Waals surface area (Å²) in [6.07, 6.45) is 7.09. The van der Waals surface area contributed by atoms with Crippen molar-refractivity contribution in [3.63, 3.8) is 0 Å². The summed E-state index contributed by atoms with van der Waals surface area (Å²) < 4.78 is 10.2. The number of hydrogen-bond donors (Lipinski definition) is 1. The number of likely N-dealkylation sites (N-methyl/N-ethyl adjacent to an activating group) is 1. The Kier molecular flexibility index (Phi) is 9.10. The molecular formula is C21H32N2O5S. The van der Waals surface area contributed by atoms with Crippen LogP contribution in [0, 0.1) is 6.92 Å². The molecule has 0 aliphatic heterocycles. The lowest BCUT2D eigenvalue weighted by molar-refractivity contribution is -0.117. The third-order valence-corrected chi connectivity index (χ3v) is 6.37.